The summed E-state index contributed by atoms with van der Waals surface area (Å²) in [6.07, 6.45) is 1.54. The Morgan fingerprint density at radius 1 is 1.04 bits per heavy atom. The first-order chi connectivity index (χ1) is 11.1. The van der Waals surface area contributed by atoms with Gasteiger partial charge in [-0.15, -0.1) is 0 Å². The van der Waals surface area contributed by atoms with Gasteiger partial charge in [0, 0.05) is 30.5 Å². The molecule has 0 saturated heterocycles. The normalized spacial score (nSPS) is 10.6. The Hall–Kier alpha value is -3.09. The smallest absolute Gasteiger partial charge is 0.270 e. The molecule has 0 aliphatic heterocycles. The van der Waals surface area contributed by atoms with Gasteiger partial charge in [-0.3, -0.25) is 15.1 Å². The van der Waals surface area contributed by atoms with Crippen LogP contribution < -0.4 is 14.2 Å². The molecule has 7 nitrogen and oxygen atoms in total. The van der Waals surface area contributed by atoms with Gasteiger partial charge in [-0.1, -0.05) is 12.1 Å². The van der Waals surface area contributed by atoms with E-state index >= 15 is 0 Å². The zero-order valence-corrected chi connectivity index (χ0v) is 13.0. The third-order valence-electron chi connectivity index (χ3n) is 3.09. The van der Waals surface area contributed by atoms with Crippen molar-refractivity contribution in [3.8, 4) is 17.2 Å². The van der Waals surface area contributed by atoms with Crippen LogP contribution >= 0.6 is 0 Å². The Morgan fingerprint density at radius 2 is 1.70 bits per heavy atom. The fraction of sp³-hybridized carbons (Fsp3) is 0.188. The van der Waals surface area contributed by atoms with Crippen LogP contribution in [0.3, 0.4) is 0 Å². The van der Waals surface area contributed by atoms with E-state index in [-0.39, 0.29) is 5.69 Å². The summed E-state index contributed by atoms with van der Waals surface area (Å²) < 4.78 is 15.7. The maximum atomic E-state index is 10.8. The van der Waals surface area contributed by atoms with Crippen molar-refractivity contribution in [1.82, 2.24) is 0 Å². The molecular weight excluding hydrogens is 300 g/mol. The minimum Gasteiger partial charge on any atom is -0.493 e. The predicted octanol–water partition coefficient (Wildman–Crippen LogP) is 3.37. The van der Waals surface area contributed by atoms with Gasteiger partial charge in [0.2, 0.25) is 5.75 Å². The number of non-ortho nitro benzene ring substituents is 1. The van der Waals surface area contributed by atoms with E-state index in [0.717, 1.165) is 0 Å². The van der Waals surface area contributed by atoms with Crippen LogP contribution in [-0.4, -0.2) is 32.5 Å². The van der Waals surface area contributed by atoms with E-state index in [1.165, 1.54) is 39.7 Å². The van der Waals surface area contributed by atoms with Gasteiger partial charge in [0.05, 0.1) is 31.9 Å². The van der Waals surface area contributed by atoms with Crippen LogP contribution in [0, 0.1) is 10.1 Å². The number of aliphatic imine (C=N–C) groups is 1. The lowest BCUT2D eigenvalue weighted by Gasteiger charge is -2.12. The molecule has 0 aliphatic carbocycles. The van der Waals surface area contributed by atoms with Crippen molar-refractivity contribution in [3.05, 3.63) is 52.1 Å². The monoisotopic (exact) mass is 316 g/mol. The quantitative estimate of drug-likeness (QED) is 0.463. The molecule has 0 heterocycles. The van der Waals surface area contributed by atoms with Crippen LogP contribution in [0.25, 0.3) is 0 Å². The van der Waals surface area contributed by atoms with Crippen molar-refractivity contribution in [1.29, 1.82) is 0 Å². The third kappa shape index (κ3) is 3.76. The predicted molar refractivity (Wildman–Crippen MR) is 86.4 cm³/mol. The molecule has 0 fully saturated rings. The highest BCUT2D eigenvalue weighted by atomic mass is 16.6. The Balaban J connectivity index is 2.36. The van der Waals surface area contributed by atoms with Crippen molar-refractivity contribution in [2.75, 3.05) is 21.3 Å². The maximum Gasteiger partial charge on any atom is 0.270 e. The first kappa shape index (κ1) is 16.3. The zero-order valence-electron chi connectivity index (χ0n) is 13.0. The molecule has 0 N–H and O–H groups in total. The van der Waals surface area contributed by atoms with Crippen molar-refractivity contribution < 1.29 is 19.1 Å². The minimum absolute atomic E-state index is 0.0128. The van der Waals surface area contributed by atoms with Crippen molar-refractivity contribution in [3.63, 3.8) is 0 Å². The second kappa shape index (κ2) is 7.26. The summed E-state index contributed by atoms with van der Waals surface area (Å²) in [6, 6.07) is 9.59. The molecule has 2 aromatic rings. The summed E-state index contributed by atoms with van der Waals surface area (Å²) in [5, 5.41) is 10.8. The summed E-state index contributed by atoms with van der Waals surface area (Å²) >= 11 is 0. The largest absolute Gasteiger partial charge is 0.493 e. The average Bonchev–Trinajstić information content (AvgIpc) is 2.59. The SMILES string of the molecule is COc1cc(N=Cc2cccc([N+](=O)[O-])c2)cc(OC)c1OC. The molecule has 2 rings (SSSR count). The molecule has 2 aromatic carbocycles. The lowest BCUT2D eigenvalue weighted by atomic mass is 10.2. The lowest BCUT2D eigenvalue weighted by Crippen LogP contribution is -1.94. The molecule has 7 heteroatoms. The number of nitro groups is 1. The second-order valence-corrected chi connectivity index (χ2v) is 4.49. The van der Waals surface area contributed by atoms with E-state index in [1.54, 1.807) is 24.3 Å². The summed E-state index contributed by atoms with van der Waals surface area (Å²) in [6.45, 7) is 0. The number of ether oxygens (including phenoxy) is 3. The van der Waals surface area contributed by atoms with Crippen molar-refractivity contribution in [2.24, 2.45) is 4.99 Å². The Labute approximate surface area is 133 Å². The fourth-order valence-electron chi connectivity index (χ4n) is 2.01. The van der Waals surface area contributed by atoms with E-state index in [4.69, 9.17) is 14.2 Å². The van der Waals surface area contributed by atoms with Crippen LogP contribution in [0.2, 0.25) is 0 Å². The minimum atomic E-state index is -0.448. The first-order valence-electron chi connectivity index (χ1n) is 6.67. The molecule has 0 saturated carbocycles. The summed E-state index contributed by atoms with van der Waals surface area (Å²) in [5.41, 5.74) is 1.21. The van der Waals surface area contributed by atoms with Crippen LogP contribution in [0.1, 0.15) is 5.56 Å². The number of rotatable bonds is 6. The number of nitrogens with zero attached hydrogens (tertiary/aromatic N) is 2. The molecule has 0 aromatic heterocycles. The molecule has 23 heavy (non-hydrogen) atoms. The van der Waals surface area contributed by atoms with Gasteiger partial charge in [0.15, 0.2) is 11.5 Å². The van der Waals surface area contributed by atoms with E-state index in [2.05, 4.69) is 4.99 Å². The first-order valence-corrected chi connectivity index (χ1v) is 6.67. The van der Waals surface area contributed by atoms with E-state index < -0.39 is 4.92 Å². The molecule has 120 valence electrons. The molecule has 0 bridgehead atoms. The Morgan fingerprint density at radius 3 is 2.22 bits per heavy atom. The number of methoxy groups -OCH3 is 3. The standard InChI is InChI=1S/C16H16N2O5/c1-21-14-8-12(9-15(22-2)16(14)23-3)17-10-11-5-4-6-13(7-11)18(19)20/h4-10H,1-3H3. The molecule has 0 radical (unpaired) electrons. The Kier molecular flexibility index (Phi) is 5.14. The van der Waals surface area contributed by atoms with E-state index in [0.29, 0.717) is 28.5 Å². The molecule has 0 unspecified atom stereocenters. The van der Waals surface area contributed by atoms with E-state index in [9.17, 15) is 10.1 Å². The Bertz CT molecular complexity index is 718. The van der Waals surface area contributed by atoms with Crippen LogP contribution in [0.4, 0.5) is 11.4 Å². The molecule has 0 spiro atoms. The van der Waals surface area contributed by atoms with Gasteiger partial charge in [0.25, 0.3) is 5.69 Å². The summed E-state index contributed by atoms with van der Waals surface area (Å²) in [7, 11) is 4.56. The van der Waals surface area contributed by atoms with Gasteiger partial charge < -0.3 is 14.2 Å². The summed E-state index contributed by atoms with van der Waals surface area (Å²) in [4.78, 5) is 14.6. The van der Waals surface area contributed by atoms with Crippen LogP contribution in [-0.2, 0) is 0 Å². The molecule has 0 atom stereocenters. The van der Waals surface area contributed by atoms with Crippen LogP contribution in [0.15, 0.2) is 41.4 Å². The van der Waals surface area contributed by atoms with Gasteiger partial charge in [0.1, 0.15) is 0 Å². The molecule has 0 amide bonds. The highest BCUT2D eigenvalue weighted by molar-refractivity contribution is 5.83. The van der Waals surface area contributed by atoms with Gasteiger partial charge >= 0.3 is 0 Å². The van der Waals surface area contributed by atoms with Crippen molar-refractivity contribution in [2.45, 2.75) is 0 Å². The number of nitro benzene ring substituents is 1. The zero-order chi connectivity index (χ0) is 16.8. The van der Waals surface area contributed by atoms with Crippen molar-refractivity contribution >= 4 is 17.6 Å². The molecular formula is C16H16N2O5. The van der Waals surface area contributed by atoms with Crippen LogP contribution in [0.5, 0.6) is 17.2 Å². The number of hydrogen-bond acceptors (Lipinski definition) is 6. The fourth-order valence-corrected chi connectivity index (χ4v) is 2.01. The molecule has 0 aliphatic rings. The number of hydrogen-bond donors (Lipinski definition) is 0. The van der Waals surface area contributed by atoms with Gasteiger partial charge in [-0.2, -0.15) is 0 Å². The highest BCUT2D eigenvalue weighted by Gasteiger charge is 2.12. The van der Waals surface area contributed by atoms with Gasteiger partial charge in [-0.25, -0.2) is 0 Å². The topological polar surface area (TPSA) is 83.2 Å². The summed E-state index contributed by atoms with van der Waals surface area (Å²) in [5.74, 6) is 1.44. The third-order valence-corrected chi connectivity index (χ3v) is 3.09. The average molecular weight is 316 g/mol. The maximum absolute atomic E-state index is 10.8. The second-order valence-electron chi connectivity index (χ2n) is 4.49. The highest BCUT2D eigenvalue weighted by Crippen LogP contribution is 2.40. The lowest BCUT2D eigenvalue weighted by molar-refractivity contribution is -0.384. The van der Waals surface area contributed by atoms with E-state index in [1.807, 2.05) is 0 Å². The van der Waals surface area contributed by atoms with Gasteiger partial charge in [-0.05, 0) is 5.56 Å². The number of benzene rings is 2.